The molecule has 5 rings (SSSR count). The highest BCUT2D eigenvalue weighted by Crippen LogP contribution is 2.35. The number of benzene rings is 1. The van der Waals surface area contributed by atoms with E-state index in [-0.39, 0.29) is 30.0 Å². The molecule has 5 amide bonds. The maximum atomic E-state index is 13.2. The fourth-order valence-electron chi connectivity index (χ4n) is 5.48. The number of carbonyl (C=O) groups excluding carboxylic acids is 4. The summed E-state index contributed by atoms with van der Waals surface area (Å²) in [6.45, 7) is 4.58. The van der Waals surface area contributed by atoms with Crippen molar-refractivity contribution in [2.45, 2.75) is 63.7 Å². The normalized spacial score (nSPS) is 23.2. The van der Waals surface area contributed by atoms with Crippen molar-refractivity contribution in [1.29, 1.82) is 0 Å². The van der Waals surface area contributed by atoms with Crippen LogP contribution in [-0.2, 0) is 16.1 Å². The fourth-order valence-corrected chi connectivity index (χ4v) is 5.48. The molecule has 12 nitrogen and oxygen atoms in total. The molecule has 12 heteroatoms. The Morgan fingerprint density at radius 2 is 1.97 bits per heavy atom. The van der Waals surface area contributed by atoms with Crippen LogP contribution >= 0.6 is 0 Å². The molecule has 37 heavy (non-hydrogen) atoms. The lowest BCUT2D eigenvalue weighted by Gasteiger charge is -2.43. The van der Waals surface area contributed by atoms with Gasteiger partial charge < -0.3 is 15.3 Å². The van der Waals surface area contributed by atoms with Crippen LogP contribution in [0.15, 0.2) is 30.6 Å². The van der Waals surface area contributed by atoms with Gasteiger partial charge in [-0.25, -0.2) is 4.79 Å². The number of rotatable bonds is 5. The highest BCUT2D eigenvalue weighted by molar-refractivity contribution is 6.25. The van der Waals surface area contributed by atoms with Gasteiger partial charge in [0.2, 0.25) is 11.8 Å². The van der Waals surface area contributed by atoms with Crippen LogP contribution in [0.4, 0.5) is 10.5 Å². The number of hydrogen-bond acceptors (Lipinski definition) is 7. The number of likely N-dealkylation sites (tertiary alicyclic amines) is 1. The first-order valence-corrected chi connectivity index (χ1v) is 12.2. The number of nitrogens with one attached hydrogen (secondary N) is 2. The number of anilines is 1. The summed E-state index contributed by atoms with van der Waals surface area (Å²) in [5, 5.41) is 19.3. The predicted molar refractivity (Wildman–Crippen MR) is 130 cm³/mol. The van der Waals surface area contributed by atoms with E-state index in [0.717, 1.165) is 10.5 Å². The van der Waals surface area contributed by atoms with Crippen molar-refractivity contribution in [1.82, 2.24) is 24.9 Å². The van der Waals surface area contributed by atoms with E-state index in [0.29, 0.717) is 31.6 Å². The zero-order valence-corrected chi connectivity index (χ0v) is 20.6. The predicted octanol–water partition coefficient (Wildman–Crippen LogP) is 1.99. The maximum absolute atomic E-state index is 13.2. The van der Waals surface area contributed by atoms with Gasteiger partial charge in [0.25, 0.3) is 11.8 Å². The minimum absolute atomic E-state index is 0.0570. The second-order valence-corrected chi connectivity index (χ2v) is 10.3. The molecule has 3 N–H and O–H groups in total. The lowest BCUT2D eigenvalue weighted by Crippen LogP contribution is -2.54. The summed E-state index contributed by atoms with van der Waals surface area (Å²) in [5.74, 6) is -2.19. The molecule has 0 saturated carbocycles. The van der Waals surface area contributed by atoms with Crippen molar-refractivity contribution in [2.24, 2.45) is 0 Å². The molecule has 2 aromatic rings. The van der Waals surface area contributed by atoms with Gasteiger partial charge in [0.05, 0.1) is 23.4 Å². The monoisotopic (exact) mass is 508 g/mol. The summed E-state index contributed by atoms with van der Waals surface area (Å²) in [6.07, 6.45) is 4.14. The first kappa shape index (κ1) is 24.5. The Bertz CT molecular complexity index is 1320. The standard InChI is InChI=1S/C25H28N6O6/c1-25(2)10-15(8-9-29(25)24(36)37)30-13-14(12-27-30)11-26-17-5-3-4-16-20(17)23(35)31(22(16)34)18-6-7-19(32)28-21(18)33/h3-5,12-13,15,18,26H,6-11H2,1-2H3,(H,36,37)(H,28,32,33)/t15-,18?/m1/s1. The first-order chi connectivity index (χ1) is 17.6. The summed E-state index contributed by atoms with van der Waals surface area (Å²) in [5.41, 5.74) is 1.23. The average Bonchev–Trinajstić information content (AvgIpc) is 3.41. The molecule has 2 atom stereocenters. The van der Waals surface area contributed by atoms with Gasteiger partial charge in [-0.05, 0) is 45.2 Å². The average molecular weight is 509 g/mol. The van der Waals surface area contributed by atoms with Crippen LogP contribution in [0.2, 0.25) is 0 Å². The van der Waals surface area contributed by atoms with Crippen molar-refractivity contribution in [3.05, 3.63) is 47.3 Å². The molecule has 3 aliphatic heterocycles. The molecule has 4 heterocycles. The Morgan fingerprint density at radius 3 is 2.68 bits per heavy atom. The van der Waals surface area contributed by atoms with E-state index in [1.165, 1.54) is 4.90 Å². The molecular weight excluding hydrogens is 480 g/mol. The molecule has 1 aromatic heterocycles. The zero-order valence-electron chi connectivity index (χ0n) is 20.6. The Kier molecular flexibility index (Phi) is 5.97. The molecular formula is C25H28N6O6. The Hall–Kier alpha value is -4.22. The van der Waals surface area contributed by atoms with Crippen molar-refractivity contribution >= 4 is 35.4 Å². The topological polar surface area (TPSA) is 154 Å². The van der Waals surface area contributed by atoms with Gasteiger partial charge in [-0.15, -0.1) is 0 Å². The fraction of sp³-hybridized carbons (Fsp3) is 0.440. The van der Waals surface area contributed by atoms with Gasteiger partial charge in [0.15, 0.2) is 0 Å². The van der Waals surface area contributed by atoms with Crippen LogP contribution in [0.3, 0.4) is 0 Å². The second-order valence-electron chi connectivity index (χ2n) is 10.3. The van der Waals surface area contributed by atoms with Crippen molar-refractivity contribution in [2.75, 3.05) is 11.9 Å². The Morgan fingerprint density at radius 1 is 1.19 bits per heavy atom. The summed E-state index contributed by atoms with van der Waals surface area (Å²) in [6, 6.07) is 3.96. The lowest BCUT2D eigenvalue weighted by atomic mass is 9.87. The number of fused-ring (bicyclic) bond motifs is 1. The van der Waals surface area contributed by atoms with E-state index in [4.69, 9.17) is 0 Å². The quantitative estimate of drug-likeness (QED) is 0.518. The van der Waals surface area contributed by atoms with Crippen LogP contribution in [0, 0.1) is 0 Å². The van der Waals surface area contributed by atoms with Crippen LogP contribution in [0.5, 0.6) is 0 Å². The van der Waals surface area contributed by atoms with Crippen molar-refractivity contribution in [3.63, 3.8) is 0 Å². The van der Waals surface area contributed by atoms with Crippen LogP contribution in [0.1, 0.15) is 71.9 Å². The summed E-state index contributed by atoms with van der Waals surface area (Å²) in [4.78, 5) is 64.0. The largest absolute Gasteiger partial charge is 0.465 e. The highest BCUT2D eigenvalue weighted by Gasteiger charge is 2.45. The molecule has 3 aliphatic rings. The van der Waals surface area contributed by atoms with E-state index in [1.54, 1.807) is 24.4 Å². The number of carbonyl (C=O) groups is 5. The molecule has 194 valence electrons. The van der Waals surface area contributed by atoms with E-state index in [1.807, 2.05) is 24.7 Å². The number of hydrogen-bond donors (Lipinski definition) is 3. The van der Waals surface area contributed by atoms with Crippen LogP contribution in [0.25, 0.3) is 0 Å². The number of aromatic nitrogens is 2. The SMILES string of the molecule is CC1(C)C[C@H](n2cc(CNc3cccc4c3C(=O)N(C3CCC(=O)NC3=O)C4=O)cn2)CCN1C(=O)O. The smallest absolute Gasteiger partial charge is 0.407 e. The van der Waals surface area contributed by atoms with Gasteiger partial charge in [-0.2, -0.15) is 5.10 Å². The molecule has 1 unspecified atom stereocenters. The highest BCUT2D eigenvalue weighted by atomic mass is 16.4. The third kappa shape index (κ3) is 4.32. The summed E-state index contributed by atoms with van der Waals surface area (Å²) in [7, 11) is 0. The minimum Gasteiger partial charge on any atom is -0.465 e. The van der Waals surface area contributed by atoms with Crippen molar-refractivity contribution in [3.8, 4) is 0 Å². The van der Waals surface area contributed by atoms with E-state index in [9.17, 15) is 29.1 Å². The number of carboxylic acid groups (broad SMARTS) is 1. The second kappa shape index (κ2) is 9.02. The lowest BCUT2D eigenvalue weighted by molar-refractivity contribution is -0.136. The number of nitrogens with zero attached hydrogens (tertiary/aromatic N) is 4. The molecule has 2 saturated heterocycles. The number of piperidine rings is 2. The van der Waals surface area contributed by atoms with Gasteiger partial charge in [-0.3, -0.25) is 34.1 Å². The van der Waals surface area contributed by atoms with Crippen LogP contribution in [-0.4, -0.2) is 72.5 Å². The first-order valence-electron chi connectivity index (χ1n) is 12.2. The molecule has 1 aromatic carbocycles. The number of amides is 5. The van der Waals surface area contributed by atoms with E-state index in [2.05, 4.69) is 15.7 Å². The van der Waals surface area contributed by atoms with E-state index < -0.39 is 41.3 Å². The number of imide groups is 2. The molecule has 0 spiro atoms. The minimum atomic E-state index is -1.02. The maximum Gasteiger partial charge on any atom is 0.407 e. The molecule has 2 fully saturated rings. The van der Waals surface area contributed by atoms with E-state index >= 15 is 0 Å². The Balaban J connectivity index is 1.29. The van der Waals surface area contributed by atoms with Gasteiger partial charge in [0, 0.05) is 42.5 Å². The molecule has 0 aliphatic carbocycles. The third-order valence-electron chi connectivity index (χ3n) is 7.36. The zero-order chi connectivity index (χ0) is 26.5. The molecule has 0 bridgehead atoms. The Labute approximate surface area is 212 Å². The van der Waals surface area contributed by atoms with Crippen molar-refractivity contribution < 1.29 is 29.1 Å². The van der Waals surface area contributed by atoms with Gasteiger partial charge in [0.1, 0.15) is 6.04 Å². The van der Waals surface area contributed by atoms with Gasteiger partial charge in [-0.1, -0.05) is 6.07 Å². The van der Waals surface area contributed by atoms with Crippen LogP contribution < -0.4 is 10.6 Å². The summed E-state index contributed by atoms with van der Waals surface area (Å²) >= 11 is 0. The third-order valence-corrected chi connectivity index (χ3v) is 7.36. The molecule has 0 radical (unpaired) electrons. The van der Waals surface area contributed by atoms with Gasteiger partial charge >= 0.3 is 6.09 Å². The summed E-state index contributed by atoms with van der Waals surface area (Å²) < 4.78 is 1.85.